The number of fused-ring (bicyclic) bond motifs is 1. The first-order chi connectivity index (χ1) is 7.75. The second-order valence-corrected chi connectivity index (χ2v) is 6.25. The van der Waals surface area contributed by atoms with Crippen molar-refractivity contribution in [2.24, 2.45) is 0 Å². The highest BCUT2D eigenvalue weighted by Gasteiger charge is 2.25. The zero-order valence-corrected chi connectivity index (χ0v) is 11.5. The molecule has 5 heteroatoms. The molecule has 1 unspecified atom stereocenters. The van der Waals surface area contributed by atoms with Gasteiger partial charge in [0.1, 0.15) is 10.1 Å². The monoisotopic (exact) mass is 317 g/mol. The van der Waals surface area contributed by atoms with Crippen LogP contribution >= 0.6 is 38.9 Å². The Morgan fingerprint density at radius 2 is 2.44 bits per heavy atom. The molecule has 84 valence electrons. The fourth-order valence-corrected chi connectivity index (χ4v) is 3.84. The number of halogens is 2. The molecular formula is C11H9BrClNOS. The Hall–Kier alpha value is -0.290. The van der Waals surface area contributed by atoms with Crippen molar-refractivity contribution in [2.45, 2.75) is 12.5 Å². The van der Waals surface area contributed by atoms with Crippen LogP contribution < -0.4 is 5.32 Å². The van der Waals surface area contributed by atoms with Crippen molar-refractivity contribution < 1.29 is 4.42 Å². The maximum absolute atomic E-state index is 6.07. The van der Waals surface area contributed by atoms with E-state index in [0.717, 1.165) is 27.5 Å². The summed E-state index contributed by atoms with van der Waals surface area (Å²) in [6.07, 6.45) is 2.72. The van der Waals surface area contributed by atoms with Crippen LogP contribution in [-0.4, -0.2) is 6.54 Å². The molecule has 0 bridgehead atoms. The molecule has 0 spiro atoms. The Morgan fingerprint density at radius 3 is 3.19 bits per heavy atom. The Labute approximate surface area is 111 Å². The van der Waals surface area contributed by atoms with Crippen LogP contribution in [0.5, 0.6) is 0 Å². The van der Waals surface area contributed by atoms with Crippen molar-refractivity contribution in [3.05, 3.63) is 43.4 Å². The van der Waals surface area contributed by atoms with Gasteiger partial charge >= 0.3 is 0 Å². The largest absolute Gasteiger partial charge is 0.469 e. The molecule has 0 aliphatic carbocycles. The fraction of sp³-hybridized carbons (Fsp3) is 0.273. The topological polar surface area (TPSA) is 25.2 Å². The van der Waals surface area contributed by atoms with Crippen LogP contribution in [-0.2, 0) is 6.42 Å². The lowest BCUT2D eigenvalue weighted by atomic mass is 10.0. The molecule has 0 fully saturated rings. The van der Waals surface area contributed by atoms with E-state index in [2.05, 4.69) is 27.3 Å². The third kappa shape index (κ3) is 1.74. The second kappa shape index (κ2) is 4.18. The van der Waals surface area contributed by atoms with Gasteiger partial charge in [-0.05, 0) is 28.1 Å². The standard InChI is InChI=1S/C11H9BrClNOS/c12-7-5-9(16-11(7)13)10-6-2-4-15-8(6)1-3-14-10/h2,4-5,10,14H,1,3H2. The van der Waals surface area contributed by atoms with Crippen LogP contribution in [0.4, 0.5) is 0 Å². The van der Waals surface area contributed by atoms with Crippen molar-refractivity contribution in [2.75, 3.05) is 6.54 Å². The van der Waals surface area contributed by atoms with Crippen LogP contribution in [0.25, 0.3) is 0 Å². The third-order valence-electron chi connectivity index (χ3n) is 2.74. The van der Waals surface area contributed by atoms with E-state index in [1.165, 1.54) is 10.4 Å². The lowest BCUT2D eigenvalue weighted by Gasteiger charge is -2.22. The third-order valence-corrected chi connectivity index (χ3v) is 5.28. The van der Waals surface area contributed by atoms with E-state index in [1.54, 1.807) is 17.6 Å². The summed E-state index contributed by atoms with van der Waals surface area (Å²) in [5.74, 6) is 1.09. The van der Waals surface area contributed by atoms with E-state index < -0.39 is 0 Å². The van der Waals surface area contributed by atoms with Crippen LogP contribution in [0.15, 0.2) is 27.3 Å². The summed E-state index contributed by atoms with van der Waals surface area (Å²) >= 11 is 11.1. The number of hydrogen-bond donors (Lipinski definition) is 1. The molecule has 16 heavy (non-hydrogen) atoms. The number of hydrogen-bond acceptors (Lipinski definition) is 3. The molecule has 1 aliphatic heterocycles. The van der Waals surface area contributed by atoms with Gasteiger partial charge in [0.25, 0.3) is 0 Å². The summed E-state index contributed by atoms with van der Waals surface area (Å²) in [5, 5.41) is 3.49. The molecule has 1 atom stereocenters. The normalized spacial score (nSPS) is 19.8. The second-order valence-electron chi connectivity index (χ2n) is 3.71. The lowest BCUT2D eigenvalue weighted by Crippen LogP contribution is -2.28. The summed E-state index contributed by atoms with van der Waals surface area (Å²) < 4.78 is 7.23. The van der Waals surface area contributed by atoms with E-state index in [1.807, 2.05) is 6.07 Å². The van der Waals surface area contributed by atoms with Gasteiger partial charge in [-0.25, -0.2) is 0 Å². The zero-order chi connectivity index (χ0) is 11.1. The van der Waals surface area contributed by atoms with Gasteiger partial charge in [-0.3, -0.25) is 0 Å². The number of rotatable bonds is 1. The molecule has 1 aliphatic rings. The minimum atomic E-state index is 0.219. The predicted molar refractivity (Wildman–Crippen MR) is 69.3 cm³/mol. The van der Waals surface area contributed by atoms with Crippen molar-refractivity contribution in [3.8, 4) is 0 Å². The molecule has 3 heterocycles. The molecule has 3 rings (SSSR count). The molecule has 0 saturated heterocycles. The minimum Gasteiger partial charge on any atom is -0.469 e. The highest BCUT2D eigenvalue weighted by Crippen LogP contribution is 2.39. The van der Waals surface area contributed by atoms with Crippen molar-refractivity contribution >= 4 is 38.9 Å². The highest BCUT2D eigenvalue weighted by molar-refractivity contribution is 9.10. The molecule has 0 saturated carbocycles. The molecule has 0 amide bonds. The van der Waals surface area contributed by atoms with Gasteiger partial charge in [0.15, 0.2) is 0 Å². The Kier molecular flexibility index (Phi) is 2.83. The van der Waals surface area contributed by atoms with Gasteiger partial charge in [0.05, 0.1) is 12.3 Å². The minimum absolute atomic E-state index is 0.219. The fourth-order valence-electron chi connectivity index (χ4n) is 2.01. The van der Waals surface area contributed by atoms with Gasteiger partial charge in [-0.2, -0.15) is 0 Å². The first-order valence-electron chi connectivity index (χ1n) is 5.00. The quantitative estimate of drug-likeness (QED) is 0.860. The maximum atomic E-state index is 6.07. The van der Waals surface area contributed by atoms with Crippen LogP contribution in [0, 0.1) is 0 Å². The van der Waals surface area contributed by atoms with Crippen molar-refractivity contribution in [1.29, 1.82) is 0 Å². The van der Waals surface area contributed by atoms with E-state index in [9.17, 15) is 0 Å². The molecule has 1 N–H and O–H groups in total. The molecule has 0 radical (unpaired) electrons. The molecule has 2 aromatic heterocycles. The van der Waals surface area contributed by atoms with E-state index >= 15 is 0 Å². The number of nitrogens with one attached hydrogen (secondary N) is 1. The smallest absolute Gasteiger partial charge is 0.110 e. The van der Waals surface area contributed by atoms with Crippen molar-refractivity contribution in [3.63, 3.8) is 0 Å². The lowest BCUT2D eigenvalue weighted by molar-refractivity contribution is 0.458. The van der Waals surface area contributed by atoms with Gasteiger partial charge < -0.3 is 9.73 Å². The summed E-state index contributed by atoms with van der Waals surface area (Å²) in [7, 11) is 0. The first-order valence-corrected chi connectivity index (χ1v) is 6.99. The Balaban J connectivity index is 2.03. The number of thiophene rings is 1. The first kappa shape index (κ1) is 10.8. The Morgan fingerprint density at radius 1 is 1.56 bits per heavy atom. The van der Waals surface area contributed by atoms with Crippen LogP contribution in [0.2, 0.25) is 4.34 Å². The van der Waals surface area contributed by atoms with E-state index in [4.69, 9.17) is 16.0 Å². The van der Waals surface area contributed by atoms with Gasteiger partial charge in [-0.1, -0.05) is 11.6 Å². The Bertz CT molecular complexity index is 502. The predicted octanol–water partition coefficient (Wildman–Crippen LogP) is 3.99. The van der Waals surface area contributed by atoms with Crippen molar-refractivity contribution in [1.82, 2.24) is 5.32 Å². The van der Waals surface area contributed by atoms with Gasteiger partial charge in [0.2, 0.25) is 0 Å². The zero-order valence-electron chi connectivity index (χ0n) is 8.30. The summed E-state index contributed by atoms with van der Waals surface area (Å²) in [5.41, 5.74) is 1.23. The molecule has 2 nitrogen and oxygen atoms in total. The summed E-state index contributed by atoms with van der Waals surface area (Å²) in [6.45, 7) is 0.943. The van der Waals surface area contributed by atoms with Gasteiger partial charge in [0, 0.05) is 27.9 Å². The molecule has 0 aromatic carbocycles. The highest BCUT2D eigenvalue weighted by atomic mass is 79.9. The molecule has 2 aromatic rings. The van der Waals surface area contributed by atoms with E-state index in [-0.39, 0.29) is 6.04 Å². The average molecular weight is 319 g/mol. The SMILES string of the molecule is Clc1sc(C2NCCc3occc32)cc1Br. The maximum Gasteiger partial charge on any atom is 0.110 e. The van der Waals surface area contributed by atoms with Crippen LogP contribution in [0.3, 0.4) is 0 Å². The number of furan rings is 1. The summed E-state index contributed by atoms with van der Waals surface area (Å²) in [6, 6.07) is 4.33. The molecular weight excluding hydrogens is 310 g/mol. The summed E-state index contributed by atoms with van der Waals surface area (Å²) in [4.78, 5) is 1.22. The van der Waals surface area contributed by atoms with E-state index in [0.29, 0.717) is 0 Å². The van der Waals surface area contributed by atoms with Gasteiger partial charge in [-0.15, -0.1) is 11.3 Å². The van der Waals surface area contributed by atoms with Crippen LogP contribution in [0.1, 0.15) is 22.2 Å². The average Bonchev–Trinajstić information content (AvgIpc) is 2.85.